The zero-order chi connectivity index (χ0) is 19.7. The van der Waals surface area contributed by atoms with Gasteiger partial charge in [0.15, 0.2) is 0 Å². The fourth-order valence-corrected chi connectivity index (χ4v) is 4.93. The van der Waals surface area contributed by atoms with Crippen LogP contribution in [0.25, 0.3) is 11.0 Å². The minimum absolute atomic E-state index is 0.0401. The van der Waals surface area contributed by atoms with Crippen LogP contribution in [0.4, 0.5) is 0 Å². The lowest BCUT2D eigenvalue weighted by Crippen LogP contribution is -2.24. The normalized spacial score (nSPS) is 17.8. The largest absolute Gasteiger partial charge is 0.376 e. The first-order chi connectivity index (χ1) is 13.4. The monoisotopic (exact) mass is 421 g/mol. The molecule has 0 N–H and O–H groups in total. The molecule has 0 aliphatic carbocycles. The first-order valence-electron chi connectivity index (χ1n) is 9.16. The van der Waals surface area contributed by atoms with E-state index in [2.05, 4.69) is 18.6 Å². The Morgan fingerprint density at radius 1 is 1.29 bits per heavy atom. The number of rotatable bonds is 7. The Hall–Kier alpha value is -1.88. The van der Waals surface area contributed by atoms with Crippen molar-refractivity contribution in [1.82, 2.24) is 23.2 Å². The zero-order valence-corrected chi connectivity index (χ0v) is 17.5. The van der Waals surface area contributed by atoms with Gasteiger partial charge in [0.2, 0.25) is 15.0 Å². The third-order valence-corrected chi connectivity index (χ3v) is 6.39. The molecule has 0 amide bonds. The van der Waals surface area contributed by atoms with Gasteiger partial charge in [-0.05, 0) is 37.6 Å². The molecule has 1 unspecified atom stereocenters. The van der Waals surface area contributed by atoms with Crippen molar-refractivity contribution >= 4 is 32.6 Å². The first kappa shape index (κ1) is 19.4. The highest BCUT2D eigenvalue weighted by molar-refractivity contribution is 7.90. The van der Waals surface area contributed by atoms with Crippen LogP contribution < -0.4 is 0 Å². The van der Waals surface area contributed by atoms with Crippen LogP contribution >= 0.6 is 11.7 Å². The third kappa shape index (κ3) is 4.24. The number of hydrogen-bond donors (Lipinski definition) is 0. The maximum Gasteiger partial charge on any atom is 0.227 e. The van der Waals surface area contributed by atoms with E-state index >= 15 is 0 Å². The average molecular weight is 422 g/mol. The van der Waals surface area contributed by atoms with Crippen LogP contribution in [0.2, 0.25) is 0 Å². The maximum atomic E-state index is 12.2. The lowest BCUT2D eigenvalue weighted by Gasteiger charge is -2.20. The van der Waals surface area contributed by atoms with Gasteiger partial charge in [-0.1, -0.05) is 6.07 Å². The van der Waals surface area contributed by atoms with Crippen molar-refractivity contribution in [2.45, 2.75) is 43.7 Å². The van der Waals surface area contributed by atoms with E-state index in [0.29, 0.717) is 19.6 Å². The van der Waals surface area contributed by atoms with Crippen molar-refractivity contribution in [3.8, 4) is 0 Å². The summed E-state index contributed by atoms with van der Waals surface area (Å²) in [4.78, 5) is 6.33. The molecule has 0 saturated carbocycles. The number of fused-ring (bicyclic) bond motifs is 1. The molecule has 0 bridgehead atoms. The second-order valence-corrected chi connectivity index (χ2v) is 9.75. The number of imidazole rings is 1. The maximum absolute atomic E-state index is 12.2. The molecular formula is C18H23N5O3S2. The minimum Gasteiger partial charge on any atom is -0.376 e. The molecule has 0 spiro atoms. The molecule has 10 heteroatoms. The SMILES string of the molecule is CN(Cc1ccc2nsnc2c1)Cc1cnc(S(C)(=O)=O)n1CC1CCCO1. The van der Waals surface area contributed by atoms with E-state index in [0.717, 1.165) is 41.7 Å². The van der Waals surface area contributed by atoms with Crippen molar-refractivity contribution < 1.29 is 13.2 Å². The Kier molecular flexibility index (Phi) is 5.46. The van der Waals surface area contributed by atoms with Crippen LogP contribution in [0.15, 0.2) is 29.6 Å². The van der Waals surface area contributed by atoms with Gasteiger partial charge in [-0.2, -0.15) is 8.75 Å². The van der Waals surface area contributed by atoms with Crippen molar-refractivity contribution in [2.75, 3.05) is 19.9 Å². The summed E-state index contributed by atoms with van der Waals surface area (Å²) in [5, 5.41) is 0.112. The number of aromatic nitrogens is 4. The second kappa shape index (κ2) is 7.86. The molecule has 0 radical (unpaired) electrons. The van der Waals surface area contributed by atoms with Gasteiger partial charge < -0.3 is 9.30 Å². The minimum atomic E-state index is -3.40. The van der Waals surface area contributed by atoms with Crippen molar-refractivity contribution in [3.05, 3.63) is 35.7 Å². The lowest BCUT2D eigenvalue weighted by molar-refractivity contribution is 0.0934. The fourth-order valence-electron chi connectivity index (χ4n) is 3.57. The quantitative estimate of drug-likeness (QED) is 0.577. The van der Waals surface area contributed by atoms with Gasteiger partial charge in [0, 0.05) is 26.0 Å². The summed E-state index contributed by atoms with van der Waals surface area (Å²) in [6.45, 7) is 2.55. The molecular weight excluding hydrogens is 398 g/mol. The number of hydrogen-bond acceptors (Lipinski definition) is 8. The Morgan fingerprint density at radius 3 is 2.86 bits per heavy atom. The molecule has 8 nitrogen and oxygen atoms in total. The van der Waals surface area contributed by atoms with Crippen LogP contribution in [0, 0.1) is 0 Å². The molecule has 1 saturated heterocycles. The van der Waals surface area contributed by atoms with E-state index in [9.17, 15) is 8.42 Å². The third-order valence-electron chi connectivity index (χ3n) is 4.85. The predicted octanol–water partition coefficient (Wildman–Crippen LogP) is 2.10. The Bertz CT molecular complexity index is 1070. The number of benzene rings is 1. The summed E-state index contributed by atoms with van der Waals surface area (Å²) in [5.41, 5.74) is 3.81. The molecule has 4 rings (SSSR count). The Balaban J connectivity index is 1.53. The van der Waals surface area contributed by atoms with Crippen LogP contribution in [-0.2, 0) is 34.2 Å². The van der Waals surface area contributed by atoms with Crippen LogP contribution in [0.1, 0.15) is 24.1 Å². The average Bonchev–Trinajstić information content (AvgIpc) is 3.36. The van der Waals surface area contributed by atoms with E-state index < -0.39 is 9.84 Å². The number of nitrogens with zero attached hydrogens (tertiary/aromatic N) is 5. The molecule has 1 atom stereocenters. The molecule has 28 heavy (non-hydrogen) atoms. The van der Waals surface area contributed by atoms with E-state index in [1.54, 1.807) is 10.8 Å². The van der Waals surface area contributed by atoms with Gasteiger partial charge in [0.25, 0.3) is 0 Å². The number of ether oxygens (including phenoxy) is 1. The highest BCUT2D eigenvalue weighted by Gasteiger charge is 2.24. The second-order valence-electron chi connectivity index (χ2n) is 7.31. The summed E-state index contributed by atoms with van der Waals surface area (Å²) in [6, 6.07) is 6.07. The summed E-state index contributed by atoms with van der Waals surface area (Å²) in [6.07, 6.45) is 4.86. The highest BCUT2D eigenvalue weighted by atomic mass is 32.2. The smallest absolute Gasteiger partial charge is 0.227 e. The molecule has 2 aromatic heterocycles. The van der Waals surface area contributed by atoms with Crippen molar-refractivity contribution in [1.29, 1.82) is 0 Å². The molecule has 3 aromatic rings. The van der Waals surface area contributed by atoms with Gasteiger partial charge in [-0.3, -0.25) is 4.90 Å². The van der Waals surface area contributed by atoms with Crippen LogP contribution in [0.3, 0.4) is 0 Å². The van der Waals surface area contributed by atoms with E-state index in [4.69, 9.17) is 4.74 Å². The van der Waals surface area contributed by atoms with E-state index in [1.165, 1.54) is 18.0 Å². The standard InChI is InChI=1S/C18H23N5O3S2/c1-22(10-13-5-6-16-17(8-13)21-27-20-16)11-14-9-19-18(28(2,24)25)23(14)12-15-4-3-7-26-15/h5-6,8-9,15H,3-4,7,10-12H2,1-2H3. The van der Waals surface area contributed by atoms with E-state index in [1.807, 2.05) is 25.2 Å². The van der Waals surface area contributed by atoms with Gasteiger partial charge in [0.05, 0.1) is 36.3 Å². The van der Waals surface area contributed by atoms with Gasteiger partial charge >= 0.3 is 0 Å². The molecule has 3 heterocycles. The summed E-state index contributed by atoms with van der Waals surface area (Å²) in [7, 11) is -1.40. The lowest BCUT2D eigenvalue weighted by atomic mass is 10.2. The molecule has 1 aliphatic rings. The fraction of sp³-hybridized carbons (Fsp3) is 0.500. The van der Waals surface area contributed by atoms with Crippen molar-refractivity contribution in [2.24, 2.45) is 0 Å². The van der Waals surface area contributed by atoms with Gasteiger partial charge in [0.1, 0.15) is 11.0 Å². The Morgan fingerprint density at radius 2 is 2.11 bits per heavy atom. The summed E-state index contributed by atoms with van der Waals surface area (Å²) < 4.78 is 40.4. The first-order valence-corrected chi connectivity index (χ1v) is 11.8. The zero-order valence-electron chi connectivity index (χ0n) is 15.9. The topological polar surface area (TPSA) is 90.2 Å². The van der Waals surface area contributed by atoms with Crippen LogP contribution in [-0.4, -0.2) is 57.6 Å². The van der Waals surface area contributed by atoms with E-state index in [-0.39, 0.29) is 11.3 Å². The summed E-state index contributed by atoms with van der Waals surface area (Å²) in [5.74, 6) is 0. The Labute approximate surface area is 168 Å². The molecule has 150 valence electrons. The summed E-state index contributed by atoms with van der Waals surface area (Å²) >= 11 is 1.21. The molecule has 1 fully saturated rings. The van der Waals surface area contributed by atoms with Crippen LogP contribution in [0.5, 0.6) is 0 Å². The molecule has 1 aliphatic heterocycles. The predicted molar refractivity (Wildman–Crippen MR) is 107 cm³/mol. The van der Waals surface area contributed by atoms with Gasteiger partial charge in [-0.25, -0.2) is 13.4 Å². The van der Waals surface area contributed by atoms with Crippen molar-refractivity contribution in [3.63, 3.8) is 0 Å². The highest BCUT2D eigenvalue weighted by Crippen LogP contribution is 2.21. The molecule has 1 aromatic carbocycles. The number of sulfone groups is 1. The van der Waals surface area contributed by atoms with Gasteiger partial charge in [-0.15, -0.1) is 0 Å².